The third-order valence-corrected chi connectivity index (χ3v) is 4.36. The summed E-state index contributed by atoms with van der Waals surface area (Å²) in [7, 11) is 1.93. The number of hydrogen-bond acceptors (Lipinski definition) is 4. The molecule has 1 aliphatic heterocycles. The van der Waals surface area contributed by atoms with Crippen LogP contribution in [0.3, 0.4) is 0 Å². The summed E-state index contributed by atoms with van der Waals surface area (Å²) >= 11 is 0. The number of rotatable bonds is 7. The molecule has 0 radical (unpaired) electrons. The molecule has 1 heterocycles. The third kappa shape index (κ3) is 5.22. The van der Waals surface area contributed by atoms with Crippen molar-refractivity contribution in [2.24, 2.45) is 5.92 Å². The minimum atomic E-state index is 0.0389. The molecule has 1 aliphatic rings. The zero-order chi connectivity index (χ0) is 16.7. The first-order valence-corrected chi connectivity index (χ1v) is 8.48. The van der Waals surface area contributed by atoms with Crippen molar-refractivity contribution in [2.75, 3.05) is 37.0 Å². The topological polar surface area (TPSA) is 61.8 Å². The molecule has 2 unspecified atom stereocenters. The Hall–Kier alpha value is -1.59. The lowest BCUT2D eigenvalue weighted by Crippen LogP contribution is -2.33. The number of likely N-dealkylation sites (N-methyl/N-ethyl adjacent to an activating group) is 1. The van der Waals surface area contributed by atoms with Crippen LogP contribution in [0, 0.1) is 5.92 Å². The van der Waals surface area contributed by atoms with E-state index in [4.69, 9.17) is 9.84 Å². The number of carbonyl (C=O) groups excluding carboxylic acids is 1. The van der Waals surface area contributed by atoms with Gasteiger partial charge in [-0.1, -0.05) is 13.3 Å². The largest absolute Gasteiger partial charge is 0.395 e. The number of aliphatic hydroxyl groups excluding tert-OH is 1. The number of carbonyl (C=O) groups is 1. The lowest BCUT2D eigenvalue weighted by Gasteiger charge is -2.28. The van der Waals surface area contributed by atoms with Crippen LogP contribution < -0.4 is 10.2 Å². The molecule has 1 fully saturated rings. The van der Waals surface area contributed by atoms with E-state index in [2.05, 4.69) is 12.2 Å². The molecular formula is C18H28N2O3. The molecule has 5 nitrogen and oxygen atoms in total. The fourth-order valence-corrected chi connectivity index (χ4v) is 2.96. The van der Waals surface area contributed by atoms with Crippen molar-refractivity contribution in [2.45, 2.75) is 38.7 Å². The highest BCUT2D eigenvalue weighted by molar-refractivity contribution is 5.92. The second kappa shape index (κ2) is 8.89. The molecule has 1 saturated heterocycles. The summed E-state index contributed by atoms with van der Waals surface area (Å²) in [5, 5.41) is 12.0. The van der Waals surface area contributed by atoms with Crippen molar-refractivity contribution >= 4 is 17.3 Å². The first-order chi connectivity index (χ1) is 11.1. The molecule has 1 aromatic rings. The molecule has 1 aromatic carbocycles. The van der Waals surface area contributed by atoms with Gasteiger partial charge in [0.2, 0.25) is 5.91 Å². The maximum atomic E-state index is 12.4. The normalized spacial score (nSPS) is 21.0. The summed E-state index contributed by atoms with van der Waals surface area (Å²) < 4.78 is 5.71. The van der Waals surface area contributed by atoms with Gasteiger partial charge in [-0.15, -0.1) is 0 Å². The minimum absolute atomic E-state index is 0.0389. The van der Waals surface area contributed by atoms with E-state index in [-0.39, 0.29) is 24.5 Å². The number of anilines is 2. The number of ether oxygens (including phenoxy) is 1. The van der Waals surface area contributed by atoms with Gasteiger partial charge in [-0.25, -0.2) is 0 Å². The number of nitrogens with zero attached hydrogens (tertiary/aromatic N) is 1. The average Bonchev–Trinajstić information content (AvgIpc) is 2.56. The molecule has 2 rings (SSSR count). The number of nitrogens with one attached hydrogen (secondary N) is 1. The van der Waals surface area contributed by atoms with Crippen molar-refractivity contribution in [3.8, 4) is 0 Å². The second-order valence-electron chi connectivity index (χ2n) is 6.18. The number of hydrogen-bond donors (Lipinski definition) is 2. The van der Waals surface area contributed by atoms with Gasteiger partial charge in [-0.05, 0) is 43.5 Å². The number of benzene rings is 1. The highest BCUT2D eigenvalue weighted by atomic mass is 16.5. The summed E-state index contributed by atoms with van der Waals surface area (Å²) in [6, 6.07) is 7.72. The van der Waals surface area contributed by atoms with Gasteiger partial charge in [0.1, 0.15) is 0 Å². The van der Waals surface area contributed by atoms with Crippen LogP contribution >= 0.6 is 0 Å². The summed E-state index contributed by atoms with van der Waals surface area (Å²) in [6.45, 7) is 3.53. The fourth-order valence-electron chi connectivity index (χ4n) is 2.96. The molecule has 0 saturated carbocycles. The average molecular weight is 320 g/mol. The maximum absolute atomic E-state index is 12.4. The number of aliphatic hydroxyl groups is 1. The van der Waals surface area contributed by atoms with Gasteiger partial charge in [0, 0.05) is 37.5 Å². The lowest BCUT2D eigenvalue weighted by atomic mass is 9.92. The highest BCUT2D eigenvalue weighted by Crippen LogP contribution is 2.25. The Labute approximate surface area is 138 Å². The second-order valence-corrected chi connectivity index (χ2v) is 6.18. The van der Waals surface area contributed by atoms with Crippen LogP contribution in [0.4, 0.5) is 11.4 Å². The van der Waals surface area contributed by atoms with Gasteiger partial charge in [0.05, 0.1) is 12.7 Å². The van der Waals surface area contributed by atoms with E-state index in [0.29, 0.717) is 13.2 Å². The fraction of sp³-hybridized carbons (Fsp3) is 0.611. The zero-order valence-electron chi connectivity index (χ0n) is 14.1. The Morgan fingerprint density at radius 1 is 1.39 bits per heavy atom. The van der Waals surface area contributed by atoms with E-state index in [1.54, 1.807) is 0 Å². The van der Waals surface area contributed by atoms with Gasteiger partial charge in [0.25, 0.3) is 0 Å². The number of amides is 1. The molecule has 1 amide bonds. The smallest absolute Gasteiger partial charge is 0.227 e. The van der Waals surface area contributed by atoms with E-state index in [9.17, 15) is 4.79 Å². The van der Waals surface area contributed by atoms with Crippen molar-refractivity contribution in [3.05, 3.63) is 24.3 Å². The lowest BCUT2D eigenvalue weighted by molar-refractivity contribution is -0.125. The Bertz CT molecular complexity index is 488. The molecular weight excluding hydrogens is 292 g/mol. The minimum Gasteiger partial charge on any atom is -0.395 e. The van der Waals surface area contributed by atoms with Gasteiger partial charge in [-0.3, -0.25) is 4.79 Å². The standard InChI is InChI=1S/C18H28N2O3/c1-3-4-17-13-14(9-12-23-17)18(22)19-15-5-7-16(8-6-15)20(2)10-11-21/h5-8,14,17,21H,3-4,9-13H2,1-2H3,(H,19,22). The predicted octanol–water partition coefficient (Wildman–Crippen LogP) is 2.65. The van der Waals surface area contributed by atoms with Crippen LogP contribution in [0.15, 0.2) is 24.3 Å². The molecule has 128 valence electrons. The summed E-state index contributed by atoms with van der Waals surface area (Å²) in [6.07, 6.45) is 3.94. The van der Waals surface area contributed by atoms with E-state index in [1.165, 1.54) is 0 Å². The Morgan fingerprint density at radius 3 is 2.78 bits per heavy atom. The van der Waals surface area contributed by atoms with E-state index in [1.807, 2.05) is 36.2 Å². The molecule has 23 heavy (non-hydrogen) atoms. The van der Waals surface area contributed by atoms with Crippen molar-refractivity contribution in [1.82, 2.24) is 0 Å². The molecule has 2 N–H and O–H groups in total. The maximum Gasteiger partial charge on any atom is 0.227 e. The molecule has 0 aromatic heterocycles. The van der Waals surface area contributed by atoms with E-state index < -0.39 is 0 Å². The first-order valence-electron chi connectivity index (χ1n) is 8.48. The third-order valence-electron chi connectivity index (χ3n) is 4.36. The van der Waals surface area contributed by atoms with Gasteiger partial charge >= 0.3 is 0 Å². The van der Waals surface area contributed by atoms with Crippen molar-refractivity contribution in [3.63, 3.8) is 0 Å². The Kier molecular flexibility index (Phi) is 6.86. The van der Waals surface area contributed by atoms with Crippen LogP contribution in [-0.2, 0) is 9.53 Å². The van der Waals surface area contributed by atoms with Crippen LogP contribution in [0.25, 0.3) is 0 Å². The van der Waals surface area contributed by atoms with Crippen molar-refractivity contribution in [1.29, 1.82) is 0 Å². The molecule has 2 atom stereocenters. The summed E-state index contributed by atoms with van der Waals surface area (Å²) in [5.41, 5.74) is 1.83. The van der Waals surface area contributed by atoms with Crippen LogP contribution in [0.2, 0.25) is 0 Å². The SMILES string of the molecule is CCCC1CC(C(=O)Nc2ccc(N(C)CCO)cc2)CCO1. The highest BCUT2D eigenvalue weighted by Gasteiger charge is 2.27. The van der Waals surface area contributed by atoms with Gasteiger partial charge in [-0.2, -0.15) is 0 Å². The van der Waals surface area contributed by atoms with E-state index in [0.717, 1.165) is 37.1 Å². The molecule has 0 aliphatic carbocycles. The quantitative estimate of drug-likeness (QED) is 0.811. The molecule has 5 heteroatoms. The first kappa shape index (κ1) is 17.8. The Morgan fingerprint density at radius 2 is 2.13 bits per heavy atom. The molecule has 0 bridgehead atoms. The van der Waals surface area contributed by atoms with Crippen LogP contribution in [0.5, 0.6) is 0 Å². The van der Waals surface area contributed by atoms with Crippen molar-refractivity contribution < 1.29 is 14.6 Å². The zero-order valence-corrected chi connectivity index (χ0v) is 14.1. The summed E-state index contributed by atoms with van der Waals surface area (Å²) in [4.78, 5) is 14.4. The monoisotopic (exact) mass is 320 g/mol. The molecule has 0 spiro atoms. The van der Waals surface area contributed by atoms with Crippen LogP contribution in [-0.4, -0.2) is 43.9 Å². The predicted molar refractivity (Wildman–Crippen MR) is 92.8 cm³/mol. The van der Waals surface area contributed by atoms with E-state index >= 15 is 0 Å². The van der Waals surface area contributed by atoms with Gasteiger partial charge in [0.15, 0.2) is 0 Å². The van der Waals surface area contributed by atoms with Gasteiger partial charge < -0.3 is 20.1 Å². The Balaban J connectivity index is 1.89. The van der Waals surface area contributed by atoms with Crippen LogP contribution in [0.1, 0.15) is 32.6 Å². The summed E-state index contributed by atoms with van der Waals surface area (Å²) in [5.74, 6) is 0.128.